The van der Waals surface area contributed by atoms with Gasteiger partial charge in [-0.05, 0) is 69.2 Å². The number of benzene rings is 2. The molecule has 1 unspecified atom stereocenters. The van der Waals surface area contributed by atoms with E-state index in [9.17, 15) is 0 Å². The zero-order valence-electron chi connectivity index (χ0n) is 19.3. The largest absolute Gasteiger partial charge is 0.0705 e. The second-order valence-corrected chi connectivity index (χ2v) is 12.6. The third kappa shape index (κ3) is 3.92. The zero-order chi connectivity index (χ0) is 20.7. The average Bonchev–Trinajstić information content (AvgIpc) is 2.96. The highest BCUT2D eigenvalue weighted by molar-refractivity contribution is 6.58. The number of hydrogen-bond acceptors (Lipinski definition) is 0. The minimum Gasteiger partial charge on any atom is -0.0705 e. The Morgan fingerprint density at radius 2 is 1.21 bits per heavy atom. The van der Waals surface area contributed by atoms with E-state index >= 15 is 0 Å². The molecule has 0 aliphatic heterocycles. The molecule has 0 spiro atoms. The van der Waals surface area contributed by atoms with Gasteiger partial charge in [0.15, 0.2) is 0 Å². The Morgan fingerprint density at radius 3 is 1.68 bits per heavy atom. The van der Waals surface area contributed by atoms with Crippen LogP contribution in [0.5, 0.6) is 0 Å². The average molecular weight is 390 g/mol. The van der Waals surface area contributed by atoms with E-state index in [0.29, 0.717) is 23.3 Å². The van der Waals surface area contributed by atoms with Gasteiger partial charge in [-0.3, -0.25) is 0 Å². The van der Waals surface area contributed by atoms with Crippen LogP contribution in [-0.4, -0.2) is 8.80 Å². The molecule has 2 aromatic rings. The summed E-state index contributed by atoms with van der Waals surface area (Å²) in [6.07, 6.45) is 2.48. The van der Waals surface area contributed by atoms with Crippen molar-refractivity contribution in [3.05, 3.63) is 63.7 Å². The van der Waals surface area contributed by atoms with Crippen molar-refractivity contribution < 1.29 is 0 Å². The van der Waals surface area contributed by atoms with Crippen LogP contribution in [0.1, 0.15) is 99.6 Å². The maximum Gasteiger partial charge on any atom is 0.0551 e. The van der Waals surface area contributed by atoms with Crippen molar-refractivity contribution >= 4 is 14.9 Å². The molecule has 1 atom stereocenters. The molecular formula is C27H37Si. The smallest absolute Gasteiger partial charge is 0.0551 e. The fourth-order valence-electron chi connectivity index (χ4n) is 4.49. The Kier molecular flexibility index (Phi) is 6.05. The number of hydrogen-bond donors (Lipinski definition) is 0. The Labute approximate surface area is 174 Å². The van der Waals surface area contributed by atoms with Gasteiger partial charge in [0.1, 0.15) is 0 Å². The van der Waals surface area contributed by atoms with Crippen molar-refractivity contribution in [1.82, 2.24) is 0 Å². The van der Waals surface area contributed by atoms with Crippen LogP contribution in [0.15, 0.2) is 35.9 Å². The lowest BCUT2D eigenvalue weighted by atomic mass is 9.86. The fraction of sp³-hybridized carbons (Fsp3) is 0.481. The monoisotopic (exact) mass is 389 g/mol. The number of allylic oxidation sites excluding steroid dienone is 1. The summed E-state index contributed by atoms with van der Waals surface area (Å²) >= 11 is 0. The van der Waals surface area contributed by atoms with E-state index in [-0.39, 0.29) is 0 Å². The summed E-state index contributed by atoms with van der Waals surface area (Å²) < 4.78 is 0. The van der Waals surface area contributed by atoms with E-state index in [1.807, 2.05) is 0 Å². The van der Waals surface area contributed by atoms with Gasteiger partial charge in [0.2, 0.25) is 0 Å². The van der Waals surface area contributed by atoms with Crippen LogP contribution in [-0.2, 0) is 0 Å². The van der Waals surface area contributed by atoms with Gasteiger partial charge in [-0.25, -0.2) is 0 Å². The van der Waals surface area contributed by atoms with Gasteiger partial charge in [-0.15, -0.1) is 0 Å². The van der Waals surface area contributed by atoms with Crippen molar-refractivity contribution in [2.75, 3.05) is 0 Å². The van der Waals surface area contributed by atoms with Gasteiger partial charge < -0.3 is 0 Å². The van der Waals surface area contributed by atoms with Crippen LogP contribution >= 0.6 is 0 Å². The molecule has 1 heteroatoms. The van der Waals surface area contributed by atoms with E-state index in [1.54, 1.807) is 11.1 Å². The van der Waals surface area contributed by atoms with Gasteiger partial charge in [0, 0.05) is 0 Å². The number of rotatable bonds is 5. The normalized spacial score (nSPS) is 16.5. The van der Waals surface area contributed by atoms with Crippen molar-refractivity contribution in [2.24, 2.45) is 0 Å². The standard InChI is InChI=1S/C27H37Si/c1-16(2)20-11-21(17(3)4)13-23(12-20)24-14-22(18(5)6)15-26-25(24)10-19(7)27(26)28(8)9/h10-18,27H,1-9H3. The van der Waals surface area contributed by atoms with Crippen LogP contribution < -0.4 is 0 Å². The first-order chi connectivity index (χ1) is 13.1. The fourth-order valence-corrected chi connectivity index (χ4v) is 6.35. The molecule has 0 N–H and O–H groups in total. The van der Waals surface area contributed by atoms with Gasteiger partial charge in [-0.2, -0.15) is 0 Å². The summed E-state index contributed by atoms with van der Waals surface area (Å²) in [4.78, 5) is 0. The highest BCUT2D eigenvalue weighted by Crippen LogP contribution is 2.44. The van der Waals surface area contributed by atoms with Gasteiger partial charge in [0.05, 0.1) is 8.80 Å². The molecule has 0 saturated carbocycles. The Hall–Kier alpha value is -1.60. The first-order valence-electron chi connectivity index (χ1n) is 10.9. The second-order valence-electron chi connectivity index (χ2n) is 9.82. The molecule has 1 aliphatic carbocycles. The van der Waals surface area contributed by atoms with E-state index in [0.717, 1.165) is 0 Å². The Morgan fingerprint density at radius 1 is 0.714 bits per heavy atom. The highest BCUT2D eigenvalue weighted by Gasteiger charge is 2.29. The van der Waals surface area contributed by atoms with E-state index in [4.69, 9.17) is 0 Å². The molecule has 0 amide bonds. The lowest BCUT2D eigenvalue weighted by molar-refractivity contribution is 0.834. The van der Waals surface area contributed by atoms with Crippen LogP contribution in [0.3, 0.4) is 0 Å². The third-order valence-corrected chi connectivity index (χ3v) is 8.16. The summed E-state index contributed by atoms with van der Waals surface area (Å²) in [5, 5.41) is 0. The molecule has 0 nitrogen and oxygen atoms in total. The summed E-state index contributed by atoms with van der Waals surface area (Å²) in [6.45, 7) is 21.1. The van der Waals surface area contributed by atoms with Crippen molar-refractivity contribution in [3.8, 4) is 11.1 Å². The zero-order valence-corrected chi connectivity index (χ0v) is 20.3. The number of fused-ring (bicyclic) bond motifs is 1. The highest BCUT2D eigenvalue weighted by atomic mass is 28.3. The van der Waals surface area contributed by atoms with Gasteiger partial charge in [0.25, 0.3) is 0 Å². The van der Waals surface area contributed by atoms with Crippen LogP contribution in [0.4, 0.5) is 0 Å². The van der Waals surface area contributed by atoms with Crippen LogP contribution in [0, 0.1) is 0 Å². The molecule has 0 fully saturated rings. The minimum absolute atomic E-state index is 0.423. The molecule has 0 saturated heterocycles. The van der Waals surface area contributed by atoms with Crippen molar-refractivity contribution in [3.63, 3.8) is 0 Å². The van der Waals surface area contributed by atoms with Crippen molar-refractivity contribution in [1.29, 1.82) is 0 Å². The molecule has 28 heavy (non-hydrogen) atoms. The van der Waals surface area contributed by atoms with Gasteiger partial charge >= 0.3 is 0 Å². The maximum atomic E-state index is 2.51. The molecule has 0 heterocycles. The lowest BCUT2D eigenvalue weighted by Crippen LogP contribution is -2.15. The molecule has 2 aromatic carbocycles. The molecule has 1 radical (unpaired) electrons. The molecular weight excluding hydrogens is 352 g/mol. The van der Waals surface area contributed by atoms with Gasteiger partial charge in [-0.1, -0.05) is 96.6 Å². The second kappa shape index (κ2) is 8.03. The molecule has 3 rings (SSSR count). The maximum absolute atomic E-state index is 2.51. The van der Waals surface area contributed by atoms with Crippen molar-refractivity contribution in [2.45, 2.75) is 84.9 Å². The van der Waals surface area contributed by atoms with Crippen LogP contribution in [0.2, 0.25) is 13.1 Å². The quantitative estimate of drug-likeness (QED) is 0.449. The molecule has 1 aliphatic rings. The van der Waals surface area contributed by atoms with E-state index in [1.165, 1.54) is 33.4 Å². The SMILES string of the molecule is CC1=Cc2c(-c3cc(C(C)C)cc(C(C)C)c3)cc(C(C)C)cc2C1[Si](C)C. The lowest BCUT2D eigenvalue weighted by Gasteiger charge is -2.22. The molecule has 0 aromatic heterocycles. The summed E-state index contributed by atoms with van der Waals surface area (Å²) in [6, 6.07) is 12.3. The van der Waals surface area contributed by atoms with E-state index in [2.05, 4.69) is 98.0 Å². The Bertz CT molecular complexity index is 870. The molecule has 0 bridgehead atoms. The summed E-state index contributed by atoms with van der Waals surface area (Å²) in [5.74, 6) is 1.64. The minimum atomic E-state index is -0.423. The van der Waals surface area contributed by atoms with Crippen LogP contribution in [0.25, 0.3) is 17.2 Å². The topological polar surface area (TPSA) is 0 Å². The Balaban J connectivity index is 2.30. The summed E-state index contributed by atoms with van der Waals surface area (Å²) in [5.41, 5.74) is 12.5. The first kappa shape index (κ1) is 21.1. The predicted molar refractivity (Wildman–Crippen MR) is 128 cm³/mol. The predicted octanol–water partition coefficient (Wildman–Crippen LogP) is 8.52. The summed E-state index contributed by atoms with van der Waals surface area (Å²) in [7, 11) is -0.423. The third-order valence-electron chi connectivity index (χ3n) is 6.24. The first-order valence-corrected chi connectivity index (χ1v) is 13.5. The molecule has 149 valence electrons. The van der Waals surface area contributed by atoms with E-state index < -0.39 is 8.80 Å².